The molecule has 0 bridgehead atoms. The first-order valence-corrected chi connectivity index (χ1v) is 7.10. The number of anilines is 1. The van der Waals surface area contributed by atoms with E-state index in [9.17, 15) is 0 Å². The van der Waals surface area contributed by atoms with Crippen LogP contribution in [0.2, 0.25) is 0 Å². The van der Waals surface area contributed by atoms with Crippen molar-refractivity contribution in [2.24, 2.45) is 5.92 Å². The minimum absolute atomic E-state index is 0.665. The minimum Gasteiger partial charge on any atom is -0.371 e. The van der Waals surface area contributed by atoms with Crippen molar-refractivity contribution in [1.82, 2.24) is 5.32 Å². The fourth-order valence-electron chi connectivity index (χ4n) is 2.73. The van der Waals surface area contributed by atoms with Crippen LogP contribution in [0.1, 0.15) is 18.9 Å². The van der Waals surface area contributed by atoms with Crippen molar-refractivity contribution in [3.63, 3.8) is 0 Å². The third-order valence-electron chi connectivity index (χ3n) is 3.86. The number of nitrogens with one attached hydrogen (secondary N) is 1. The van der Waals surface area contributed by atoms with E-state index in [-0.39, 0.29) is 0 Å². The van der Waals surface area contributed by atoms with Crippen LogP contribution in [0.15, 0.2) is 22.7 Å². The number of nitrogens with zero attached hydrogens (tertiary/aromatic N) is 1. The first kappa shape index (κ1) is 12.9. The fourth-order valence-corrected chi connectivity index (χ4v) is 3.09. The van der Waals surface area contributed by atoms with E-state index >= 15 is 0 Å². The molecule has 0 spiro atoms. The smallest absolute Gasteiger partial charge is 0.0407 e. The lowest BCUT2D eigenvalue weighted by Crippen LogP contribution is -2.47. The summed E-state index contributed by atoms with van der Waals surface area (Å²) in [5.74, 6) is 0.701. The molecule has 0 saturated carbocycles. The average Bonchev–Trinajstić information content (AvgIpc) is 2.32. The van der Waals surface area contributed by atoms with Crippen molar-refractivity contribution in [3.05, 3.63) is 28.2 Å². The molecular formula is C14H21BrN2. The third-order valence-corrected chi connectivity index (χ3v) is 4.71. The molecule has 1 aromatic carbocycles. The van der Waals surface area contributed by atoms with Gasteiger partial charge >= 0.3 is 0 Å². The van der Waals surface area contributed by atoms with Gasteiger partial charge in [0.2, 0.25) is 0 Å². The van der Waals surface area contributed by atoms with Crippen LogP contribution < -0.4 is 10.2 Å². The second-order valence-corrected chi connectivity index (χ2v) is 5.85. The molecule has 2 nitrogen and oxygen atoms in total. The Morgan fingerprint density at radius 2 is 2.18 bits per heavy atom. The van der Waals surface area contributed by atoms with Gasteiger partial charge in [-0.15, -0.1) is 0 Å². The van der Waals surface area contributed by atoms with E-state index in [1.165, 1.54) is 22.1 Å². The lowest BCUT2D eigenvalue weighted by atomic mass is 9.93. The molecule has 17 heavy (non-hydrogen) atoms. The quantitative estimate of drug-likeness (QED) is 0.902. The van der Waals surface area contributed by atoms with Crippen LogP contribution in [-0.4, -0.2) is 26.2 Å². The maximum Gasteiger partial charge on any atom is 0.0407 e. The molecule has 0 aliphatic carbocycles. The molecule has 0 radical (unpaired) electrons. The highest BCUT2D eigenvalue weighted by molar-refractivity contribution is 9.10. The Kier molecular flexibility index (Phi) is 4.10. The molecule has 1 N–H and O–H groups in total. The van der Waals surface area contributed by atoms with Crippen LogP contribution in [0.3, 0.4) is 0 Å². The zero-order valence-electron chi connectivity index (χ0n) is 10.8. The van der Waals surface area contributed by atoms with E-state index in [4.69, 9.17) is 0 Å². The minimum atomic E-state index is 0.665. The van der Waals surface area contributed by atoms with Gasteiger partial charge in [-0.1, -0.05) is 28.9 Å². The van der Waals surface area contributed by atoms with Crippen LogP contribution in [0.4, 0.5) is 5.69 Å². The van der Waals surface area contributed by atoms with Gasteiger partial charge in [-0.25, -0.2) is 0 Å². The highest BCUT2D eigenvalue weighted by Crippen LogP contribution is 2.30. The summed E-state index contributed by atoms with van der Waals surface area (Å²) in [6.45, 7) is 6.81. The zero-order valence-corrected chi connectivity index (χ0v) is 12.4. The summed E-state index contributed by atoms with van der Waals surface area (Å²) in [5.41, 5.74) is 2.73. The molecule has 1 saturated heterocycles. The van der Waals surface area contributed by atoms with Crippen molar-refractivity contribution in [2.75, 3.05) is 25.0 Å². The van der Waals surface area contributed by atoms with Gasteiger partial charge in [0.1, 0.15) is 0 Å². The summed E-state index contributed by atoms with van der Waals surface area (Å²) in [6.07, 6.45) is 1.23. The lowest BCUT2D eigenvalue weighted by molar-refractivity contribution is 0.338. The Hall–Kier alpha value is -0.540. The topological polar surface area (TPSA) is 15.3 Å². The van der Waals surface area contributed by atoms with E-state index in [2.05, 4.69) is 65.2 Å². The Balaban J connectivity index is 2.16. The largest absolute Gasteiger partial charge is 0.371 e. The third kappa shape index (κ3) is 2.66. The normalized spacial score (nSPS) is 25.1. The number of hydrogen-bond acceptors (Lipinski definition) is 2. The monoisotopic (exact) mass is 296 g/mol. The van der Waals surface area contributed by atoms with Crippen LogP contribution >= 0.6 is 15.9 Å². The zero-order chi connectivity index (χ0) is 12.4. The Labute approximate surface area is 113 Å². The molecule has 0 amide bonds. The Morgan fingerprint density at radius 1 is 1.41 bits per heavy atom. The molecule has 2 rings (SSSR count). The van der Waals surface area contributed by atoms with Crippen molar-refractivity contribution in [2.45, 2.75) is 26.3 Å². The summed E-state index contributed by atoms with van der Waals surface area (Å²) in [6, 6.07) is 7.13. The van der Waals surface area contributed by atoms with Gasteiger partial charge in [-0.05, 0) is 44.0 Å². The molecular weight excluding hydrogens is 276 g/mol. The number of halogens is 1. The number of rotatable bonds is 2. The van der Waals surface area contributed by atoms with Crippen molar-refractivity contribution in [1.29, 1.82) is 0 Å². The van der Waals surface area contributed by atoms with Gasteiger partial charge in [0.05, 0.1) is 0 Å². The summed E-state index contributed by atoms with van der Waals surface area (Å²) >= 11 is 3.61. The van der Waals surface area contributed by atoms with Crippen LogP contribution in [0.5, 0.6) is 0 Å². The molecule has 2 atom stereocenters. The molecule has 1 aromatic rings. The first-order valence-electron chi connectivity index (χ1n) is 6.30. The number of hydrogen-bond donors (Lipinski definition) is 1. The Bertz CT molecular complexity index is 392. The average molecular weight is 297 g/mol. The van der Waals surface area contributed by atoms with E-state index < -0.39 is 0 Å². The molecule has 1 heterocycles. The van der Waals surface area contributed by atoms with Gasteiger partial charge in [0.25, 0.3) is 0 Å². The highest BCUT2D eigenvalue weighted by atomic mass is 79.9. The number of piperidine rings is 1. The van der Waals surface area contributed by atoms with Gasteiger partial charge in [0, 0.05) is 29.3 Å². The van der Waals surface area contributed by atoms with Crippen LogP contribution in [-0.2, 0) is 0 Å². The van der Waals surface area contributed by atoms with Gasteiger partial charge in [-0.2, -0.15) is 0 Å². The second kappa shape index (κ2) is 5.40. The van der Waals surface area contributed by atoms with Crippen molar-refractivity contribution < 1.29 is 0 Å². The van der Waals surface area contributed by atoms with Gasteiger partial charge in [-0.3, -0.25) is 0 Å². The molecule has 0 aromatic heterocycles. The van der Waals surface area contributed by atoms with E-state index in [1.54, 1.807) is 0 Å². The Morgan fingerprint density at radius 3 is 2.82 bits per heavy atom. The molecule has 2 unspecified atom stereocenters. The number of benzene rings is 1. The highest BCUT2D eigenvalue weighted by Gasteiger charge is 2.25. The molecule has 3 heteroatoms. The summed E-state index contributed by atoms with van der Waals surface area (Å²) in [4.78, 5) is 2.51. The lowest BCUT2D eigenvalue weighted by Gasteiger charge is -2.39. The van der Waals surface area contributed by atoms with Crippen LogP contribution in [0.25, 0.3) is 0 Å². The summed E-state index contributed by atoms with van der Waals surface area (Å²) in [5, 5.41) is 3.42. The standard InChI is InChI=1S/C14H21BrN2/c1-10-9-17(8-7-13(10)16-3)14-6-4-5-12(15)11(14)2/h4-6,10,13,16H,7-9H2,1-3H3. The fraction of sp³-hybridized carbons (Fsp3) is 0.571. The predicted molar refractivity (Wildman–Crippen MR) is 77.7 cm³/mol. The molecule has 94 valence electrons. The SMILES string of the molecule is CNC1CCN(c2cccc(Br)c2C)CC1C. The first-order chi connectivity index (χ1) is 8.13. The van der Waals surface area contributed by atoms with Gasteiger partial charge in [0.15, 0.2) is 0 Å². The van der Waals surface area contributed by atoms with Crippen LogP contribution in [0, 0.1) is 12.8 Å². The molecule has 1 fully saturated rings. The van der Waals surface area contributed by atoms with E-state index in [0.29, 0.717) is 12.0 Å². The maximum absolute atomic E-state index is 3.61. The summed E-state index contributed by atoms with van der Waals surface area (Å²) in [7, 11) is 2.07. The second-order valence-electron chi connectivity index (χ2n) is 4.99. The summed E-state index contributed by atoms with van der Waals surface area (Å²) < 4.78 is 1.21. The van der Waals surface area contributed by atoms with Crippen molar-refractivity contribution >= 4 is 21.6 Å². The maximum atomic E-state index is 3.61. The van der Waals surface area contributed by atoms with E-state index in [1.807, 2.05) is 0 Å². The van der Waals surface area contributed by atoms with Crippen molar-refractivity contribution in [3.8, 4) is 0 Å². The van der Waals surface area contributed by atoms with E-state index in [0.717, 1.165) is 13.1 Å². The molecule has 1 aliphatic rings. The van der Waals surface area contributed by atoms with Gasteiger partial charge < -0.3 is 10.2 Å². The predicted octanol–water partition coefficient (Wildman–Crippen LogP) is 3.19. The molecule has 1 aliphatic heterocycles.